The van der Waals surface area contributed by atoms with Crippen molar-refractivity contribution in [1.82, 2.24) is 9.88 Å². The molecule has 1 N–H and O–H groups in total. The fraction of sp³-hybridized carbons (Fsp3) is 0.545. The first kappa shape index (κ1) is 13.1. The minimum Gasteiger partial charge on any atom is -0.351 e. The third-order valence-electron chi connectivity index (χ3n) is 3.18. The number of H-pyrrole nitrogens is 1. The van der Waals surface area contributed by atoms with Crippen LogP contribution in [0.4, 0.5) is 5.69 Å². The zero-order chi connectivity index (χ0) is 13.1. The largest absolute Gasteiger partial charge is 0.351 e. The Morgan fingerprint density at radius 3 is 3.00 bits per heavy atom. The van der Waals surface area contributed by atoms with Crippen molar-refractivity contribution in [1.29, 1.82) is 0 Å². The number of hydrogen-bond acceptors (Lipinski definition) is 3. The molecular weight excluding hydrogens is 302 g/mol. The first-order chi connectivity index (χ1) is 8.63. The van der Waals surface area contributed by atoms with Gasteiger partial charge in [0.2, 0.25) is 0 Å². The molecule has 1 unspecified atom stereocenters. The molecule has 0 saturated carbocycles. The number of nitro groups is 1. The summed E-state index contributed by atoms with van der Waals surface area (Å²) in [6.45, 7) is 0.710. The first-order valence-corrected chi connectivity index (χ1v) is 6.95. The minimum atomic E-state index is -0.508. The van der Waals surface area contributed by atoms with Crippen molar-refractivity contribution in [3.63, 3.8) is 0 Å². The van der Waals surface area contributed by atoms with E-state index in [1.807, 2.05) is 0 Å². The molecule has 0 aliphatic carbocycles. The second-order valence-electron chi connectivity index (χ2n) is 4.33. The highest BCUT2D eigenvalue weighted by molar-refractivity contribution is 9.09. The number of hydrogen-bond donors (Lipinski definition) is 1. The Morgan fingerprint density at radius 1 is 1.61 bits per heavy atom. The lowest BCUT2D eigenvalue weighted by Crippen LogP contribution is -2.44. The molecule has 1 aromatic rings. The predicted molar refractivity (Wildman–Crippen MR) is 69.9 cm³/mol. The maximum absolute atomic E-state index is 12.3. The van der Waals surface area contributed by atoms with Crippen LogP contribution in [-0.4, -0.2) is 38.6 Å². The molecule has 0 aromatic carbocycles. The van der Waals surface area contributed by atoms with Crippen LogP contribution in [0.15, 0.2) is 12.3 Å². The van der Waals surface area contributed by atoms with E-state index in [2.05, 4.69) is 20.9 Å². The van der Waals surface area contributed by atoms with Crippen LogP contribution in [0, 0.1) is 10.1 Å². The summed E-state index contributed by atoms with van der Waals surface area (Å²) in [6, 6.07) is 1.47. The third-order valence-corrected chi connectivity index (χ3v) is 3.92. The van der Waals surface area contributed by atoms with Gasteiger partial charge >= 0.3 is 0 Å². The van der Waals surface area contributed by atoms with Crippen LogP contribution in [0.1, 0.15) is 29.8 Å². The predicted octanol–water partition coefficient (Wildman–Crippen LogP) is 2.31. The highest BCUT2D eigenvalue weighted by atomic mass is 79.9. The van der Waals surface area contributed by atoms with Crippen molar-refractivity contribution in [2.24, 2.45) is 0 Å². The number of halogens is 1. The topological polar surface area (TPSA) is 79.2 Å². The van der Waals surface area contributed by atoms with Crippen LogP contribution in [0.25, 0.3) is 0 Å². The van der Waals surface area contributed by atoms with Crippen molar-refractivity contribution in [3.8, 4) is 0 Å². The van der Waals surface area contributed by atoms with Gasteiger partial charge in [-0.15, -0.1) is 0 Å². The average Bonchev–Trinajstić information content (AvgIpc) is 2.87. The lowest BCUT2D eigenvalue weighted by Gasteiger charge is -2.34. The number of piperidine rings is 1. The Bertz CT molecular complexity index is 460. The molecule has 1 fully saturated rings. The van der Waals surface area contributed by atoms with Crippen molar-refractivity contribution < 1.29 is 9.72 Å². The highest BCUT2D eigenvalue weighted by Gasteiger charge is 2.28. The Hall–Kier alpha value is -1.37. The molecule has 2 heterocycles. The van der Waals surface area contributed by atoms with Gasteiger partial charge in [-0.2, -0.15) is 0 Å². The van der Waals surface area contributed by atoms with E-state index in [0.29, 0.717) is 6.54 Å². The summed E-state index contributed by atoms with van der Waals surface area (Å²) in [5, 5.41) is 11.3. The molecule has 1 saturated heterocycles. The number of amides is 1. The van der Waals surface area contributed by atoms with Crippen molar-refractivity contribution in [3.05, 3.63) is 28.1 Å². The Kier molecular flexibility index (Phi) is 4.00. The van der Waals surface area contributed by atoms with Crippen molar-refractivity contribution >= 4 is 27.5 Å². The summed E-state index contributed by atoms with van der Waals surface area (Å²) in [5.74, 6) is -0.160. The number of rotatable bonds is 3. The summed E-state index contributed by atoms with van der Waals surface area (Å²) >= 11 is 3.41. The maximum Gasteiger partial charge on any atom is 0.287 e. The summed E-state index contributed by atoms with van der Waals surface area (Å²) in [4.78, 5) is 26.8. The zero-order valence-corrected chi connectivity index (χ0v) is 11.4. The van der Waals surface area contributed by atoms with Gasteiger partial charge in [0.15, 0.2) is 0 Å². The van der Waals surface area contributed by atoms with Gasteiger partial charge in [-0.25, -0.2) is 0 Å². The number of carbonyl (C=O) groups is 1. The monoisotopic (exact) mass is 315 g/mol. The number of nitrogens with one attached hydrogen (secondary N) is 1. The van der Waals surface area contributed by atoms with E-state index in [-0.39, 0.29) is 23.3 Å². The van der Waals surface area contributed by atoms with Crippen molar-refractivity contribution in [2.75, 3.05) is 11.9 Å². The van der Waals surface area contributed by atoms with Crippen LogP contribution in [0.3, 0.4) is 0 Å². The van der Waals surface area contributed by atoms with Gasteiger partial charge in [-0.05, 0) is 19.3 Å². The average molecular weight is 316 g/mol. The number of alkyl halides is 1. The molecule has 1 aromatic heterocycles. The van der Waals surface area contributed by atoms with Gasteiger partial charge in [0.25, 0.3) is 11.6 Å². The maximum atomic E-state index is 12.3. The molecule has 1 aliphatic rings. The van der Waals surface area contributed by atoms with E-state index in [0.717, 1.165) is 24.6 Å². The van der Waals surface area contributed by atoms with Crippen LogP contribution in [-0.2, 0) is 0 Å². The molecule has 7 heteroatoms. The van der Waals surface area contributed by atoms with Crippen LogP contribution < -0.4 is 0 Å². The van der Waals surface area contributed by atoms with Gasteiger partial charge in [0, 0.05) is 24.0 Å². The molecule has 0 radical (unpaired) electrons. The first-order valence-electron chi connectivity index (χ1n) is 5.83. The van der Waals surface area contributed by atoms with E-state index in [1.54, 1.807) is 4.90 Å². The summed E-state index contributed by atoms with van der Waals surface area (Å²) < 4.78 is 0. The van der Waals surface area contributed by atoms with Gasteiger partial charge in [0.1, 0.15) is 5.69 Å². The lowest BCUT2D eigenvalue weighted by atomic mass is 10.0. The number of aromatic nitrogens is 1. The fourth-order valence-corrected chi connectivity index (χ4v) is 2.87. The molecule has 0 spiro atoms. The third kappa shape index (κ3) is 2.55. The molecule has 0 bridgehead atoms. The fourth-order valence-electron chi connectivity index (χ4n) is 2.19. The normalized spacial score (nSPS) is 19.8. The van der Waals surface area contributed by atoms with Gasteiger partial charge in [-0.1, -0.05) is 15.9 Å². The van der Waals surface area contributed by atoms with E-state index in [9.17, 15) is 14.9 Å². The molecule has 18 heavy (non-hydrogen) atoms. The molecule has 1 amide bonds. The van der Waals surface area contributed by atoms with Gasteiger partial charge < -0.3 is 9.88 Å². The van der Waals surface area contributed by atoms with Crippen LogP contribution in [0.2, 0.25) is 0 Å². The Labute approximate surface area is 113 Å². The molecule has 98 valence electrons. The SMILES string of the molecule is O=C(c1cc([N+](=O)[O-])c[nH]1)N1CCCCC1CBr. The summed E-state index contributed by atoms with van der Waals surface area (Å²) in [7, 11) is 0. The molecular formula is C11H14BrN3O3. The van der Waals surface area contributed by atoms with Gasteiger partial charge in [-0.3, -0.25) is 14.9 Å². The Balaban J connectivity index is 2.15. The second-order valence-corrected chi connectivity index (χ2v) is 4.98. The standard InChI is InChI=1S/C11H14BrN3O3/c12-6-8-3-1-2-4-14(8)11(16)10-5-9(7-13-10)15(17)18/h5,7-8,13H,1-4,6H2. The molecule has 6 nitrogen and oxygen atoms in total. The quantitative estimate of drug-likeness (QED) is 0.528. The summed E-state index contributed by atoms with van der Waals surface area (Å²) in [5.41, 5.74) is 0.209. The van der Waals surface area contributed by atoms with E-state index >= 15 is 0 Å². The molecule has 2 rings (SSSR count). The lowest BCUT2D eigenvalue weighted by molar-refractivity contribution is -0.384. The Morgan fingerprint density at radius 2 is 2.39 bits per heavy atom. The zero-order valence-electron chi connectivity index (χ0n) is 9.76. The van der Waals surface area contributed by atoms with Crippen LogP contribution in [0.5, 0.6) is 0 Å². The summed E-state index contributed by atoms with van der Waals surface area (Å²) in [6.07, 6.45) is 4.32. The smallest absolute Gasteiger partial charge is 0.287 e. The number of carbonyl (C=O) groups excluding carboxylic acids is 1. The van der Waals surface area contributed by atoms with Crippen LogP contribution >= 0.6 is 15.9 Å². The molecule has 1 aliphatic heterocycles. The van der Waals surface area contributed by atoms with Crippen molar-refractivity contribution in [2.45, 2.75) is 25.3 Å². The van der Waals surface area contributed by atoms with Gasteiger partial charge in [0.05, 0.1) is 11.1 Å². The highest BCUT2D eigenvalue weighted by Crippen LogP contribution is 2.22. The minimum absolute atomic E-state index is 0.0780. The van der Waals surface area contributed by atoms with E-state index in [1.165, 1.54) is 12.3 Å². The van der Waals surface area contributed by atoms with E-state index < -0.39 is 4.92 Å². The number of aromatic amines is 1. The molecule has 1 atom stereocenters. The number of nitrogens with zero attached hydrogens (tertiary/aromatic N) is 2. The number of likely N-dealkylation sites (tertiary alicyclic amines) is 1. The van der Waals surface area contributed by atoms with E-state index in [4.69, 9.17) is 0 Å². The second kappa shape index (κ2) is 5.51.